The van der Waals surface area contributed by atoms with Crippen molar-refractivity contribution in [3.8, 4) is 0 Å². The van der Waals surface area contributed by atoms with Crippen LogP contribution in [0.4, 0.5) is 5.69 Å². The lowest BCUT2D eigenvalue weighted by Gasteiger charge is -2.20. The van der Waals surface area contributed by atoms with Crippen LogP contribution in [0.2, 0.25) is 0 Å². The van der Waals surface area contributed by atoms with E-state index in [0.717, 1.165) is 28.3 Å². The molecule has 0 atom stereocenters. The predicted octanol–water partition coefficient (Wildman–Crippen LogP) is 0.497. The first kappa shape index (κ1) is 15.0. The normalized spacial score (nSPS) is 10.3. The molecule has 0 unspecified atom stereocenters. The van der Waals surface area contributed by atoms with Crippen molar-refractivity contribution in [3.63, 3.8) is 0 Å². The van der Waals surface area contributed by atoms with E-state index in [9.17, 15) is 9.59 Å². The third kappa shape index (κ3) is 3.60. The molecule has 2 rings (SSSR count). The van der Waals surface area contributed by atoms with Crippen LogP contribution in [0.3, 0.4) is 0 Å². The highest BCUT2D eigenvalue weighted by molar-refractivity contribution is 7.99. The minimum atomic E-state index is -0.463. The topological polar surface area (TPSA) is 94.1 Å². The van der Waals surface area contributed by atoms with Crippen molar-refractivity contribution in [2.24, 2.45) is 0 Å². The van der Waals surface area contributed by atoms with E-state index >= 15 is 0 Å². The third-order valence-electron chi connectivity index (χ3n) is 2.76. The molecule has 2 N–H and O–H groups in total. The highest BCUT2D eigenvalue weighted by atomic mass is 32.2. The summed E-state index contributed by atoms with van der Waals surface area (Å²) in [4.78, 5) is 25.3. The summed E-state index contributed by atoms with van der Waals surface area (Å²) in [5.41, 5.74) is 0.366. The van der Waals surface area contributed by atoms with Gasteiger partial charge in [-0.2, -0.15) is 9.77 Å². The Morgan fingerprint density at radius 3 is 2.76 bits per heavy atom. The summed E-state index contributed by atoms with van der Waals surface area (Å²) in [6.45, 7) is 2.45. The van der Waals surface area contributed by atoms with Crippen molar-refractivity contribution in [1.29, 1.82) is 0 Å². The van der Waals surface area contributed by atoms with E-state index in [2.05, 4.69) is 10.2 Å². The smallest absolute Gasteiger partial charge is 0.291 e. The summed E-state index contributed by atoms with van der Waals surface area (Å²) in [6, 6.07) is 9.38. The Bertz CT molecular complexity index is 674. The maximum Gasteiger partial charge on any atom is 0.291 e. The molecule has 0 aliphatic rings. The zero-order chi connectivity index (χ0) is 15.2. The largest absolute Gasteiger partial charge is 0.334 e. The molecule has 0 aliphatic heterocycles. The van der Waals surface area contributed by atoms with Crippen LogP contribution in [-0.2, 0) is 4.79 Å². The summed E-state index contributed by atoms with van der Waals surface area (Å²) < 4.78 is 0.879. The number of para-hydroxylation sites is 1. The van der Waals surface area contributed by atoms with E-state index in [1.54, 1.807) is 4.90 Å². The fraction of sp³-hybridized carbons (Fsp3) is 0.231. The van der Waals surface area contributed by atoms with Gasteiger partial charge in [-0.05, 0) is 19.1 Å². The summed E-state index contributed by atoms with van der Waals surface area (Å²) in [5, 5.41) is 7.49. The van der Waals surface area contributed by atoms with E-state index in [4.69, 9.17) is 5.84 Å². The molecule has 0 fully saturated rings. The first-order valence-corrected chi connectivity index (χ1v) is 7.30. The number of carbonyl (C=O) groups is 1. The fourth-order valence-electron chi connectivity index (χ4n) is 1.75. The second-order valence-corrected chi connectivity index (χ2v) is 5.04. The van der Waals surface area contributed by atoms with Gasteiger partial charge < -0.3 is 10.7 Å². The molecule has 1 aromatic heterocycles. The van der Waals surface area contributed by atoms with Crippen LogP contribution in [0.15, 0.2) is 46.5 Å². The summed E-state index contributed by atoms with van der Waals surface area (Å²) in [7, 11) is 0. The lowest BCUT2D eigenvalue weighted by atomic mass is 10.3. The van der Waals surface area contributed by atoms with Gasteiger partial charge in [0, 0.05) is 12.2 Å². The SMILES string of the molecule is CCN(C(=O)CSc1nncc(=O)n1N)c1ccccc1. The number of carbonyl (C=O) groups excluding carboxylic acids is 1. The van der Waals surface area contributed by atoms with Crippen molar-refractivity contribution in [2.45, 2.75) is 12.1 Å². The zero-order valence-electron chi connectivity index (χ0n) is 11.5. The van der Waals surface area contributed by atoms with Crippen molar-refractivity contribution in [1.82, 2.24) is 14.9 Å². The minimum absolute atomic E-state index is 0.0909. The van der Waals surface area contributed by atoms with Crippen molar-refractivity contribution in [2.75, 3.05) is 23.0 Å². The molecule has 0 radical (unpaired) electrons. The molecular weight excluding hydrogens is 290 g/mol. The number of hydrogen-bond donors (Lipinski definition) is 1. The van der Waals surface area contributed by atoms with Gasteiger partial charge in [0.05, 0.1) is 5.75 Å². The van der Waals surface area contributed by atoms with Gasteiger partial charge in [-0.25, -0.2) is 0 Å². The minimum Gasteiger partial charge on any atom is -0.334 e. The fourth-order valence-corrected chi connectivity index (χ4v) is 2.49. The van der Waals surface area contributed by atoms with Gasteiger partial charge in [-0.3, -0.25) is 9.59 Å². The standard InChI is InChI=1S/C13H15N5O2S/c1-2-17(10-6-4-3-5-7-10)12(20)9-21-13-16-15-8-11(19)18(13)14/h3-8H,2,9,14H2,1H3. The Morgan fingerprint density at radius 2 is 2.10 bits per heavy atom. The quantitative estimate of drug-likeness (QED) is 0.638. The Balaban J connectivity index is 2.07. The van der Waals surface area contributed by atoms with Crippen LogP contribution in [0, 0.1) is 0 Å². The van der Waals surface area contributed by atoms with Crippen LogP contribution in [0.1, 0.15) is 6.92 Å². The average molecular weight is 305 g/mol. The number of nitrogens with zero attached hydrogens (tertiary/aromatic N) is 4. The van der Waals surface area contributed by atoms with E-state index in [1.165, 1.54) is 0 Å². The molecule has 0 saturated heterocycles. The molecule has 1 heterocycles. The molecule has 0 bridgehead atoms. The molecule has 0 saturated carbocycles. The Labute approximate surface area is 125 Å². The summed E-state index contributed by atoms with van der Waals surface area (Å²) in [6.07, 6.45) is 1.02. The van der Waals surface area contributed by atoms with E-state index < -0.39 is 5.56 Å². The van der Waals surface area contributed by atoms with Gasteiger partial charge in [0.25, 0.3) is 5.56 Å². The van der Waals surface area contributed by atoms with Gasteiger partial charge in [0.15, 0.2) is 0 Å². The van der Waals surface area contributed by atoms with Crippen molar-refractivity contribution in [3.05, 3.63) is 46.9 Å². The number of nitrogens with two attached hydrogens (primary N) is 1. The molecule has 21 heavy (non-hydrogen) atoms. The Kier molecular flexibility index (Phi) is 4.94. The van der Waals surface area contributed by atoms with Crippen LogP contribution in [0.25, 0.3) is 0 Å². The molecule has 2 aromatic rings. The van der Waals surface area contributed by atoms with E-state index in [0.29, 0.717) is 6.54 Å². The molecule has 1 aromatic carbocycles. The molecule has 0 spiro atoms. The molecule has 110 valence electrons. The van der Waals surface area contributed by atoms with E-state index in [-0.39, 0.29) is 16.8 Å². The second-order valence-electron chi connectivity index (χ2n) is 4.10. The number of aromatic nitrogens is 3. The first-order chi connectivity index (χ1) is 10.1. The number of hydrogen-bond acceptors (Lipinski definition) is 6. The van der Waals surface area contributed by atoms with Gasteiger partial charge in [-0.15, -0.1) is 5.10 Å². The molecule has 7 nitrogen and oxygen atoms in total. The van der Waals surface area contributed by atoms with Gasteiger partial charge >= 0.3 is 0 Å². The average Bonchev–Trinajstić information content (AvgIpc) is 2.50. The summed E-state index contributed by atoms with van der Waals surface area (Å²) >= 11 is 1.08. The van der Waals surface area contributed by atoms with Crippen molar-refractivity contribution < 1.29 is 4.79 Å². The maximum atomic E-state index is 12.3. The Hall–Kier alpha value is -2.35. The van der Waals surface area contributed by atoms with Crippen LogP contribution < -0.4 is 16.3 Å². The van der Waals surface area contributed by atoms with E-state index in [1.807, 2.05) is 37.3 Å². The van der Waals surface area contributed by atoms with Crippen LogP contribution in [-0.4, -0.2) is 33.1 Å². The number of benzene rings is 1. The maximum absolute atomic E-state index is 12.3. The number of rotatable bonds is 5. The highest BCUT2D eigenvalue weighted by Crippen LogP contribution is 2.17. The lowest BCUT2D eigenvalue weighted by molar-refractivity contribution is -0.116. The van der Waals surface area contributed by atoms with Gasteiger partial charge in [0.2, 0.25) is 11.1 Å². The number of anilines is 1. The number of amides is 1. The molecule has 8 heteroatoms. The van der Waals surface area contributed by atoms with Crippen LogP contribution in [0.5, 0.6) is 0 Å². The highest BCUT2D eigenvalue weighted by Gasteiger charge is 2.15. The van der Waals surface area contributed by atoms with Gasteiger partial charge in [0.1, 0.15) is 6.20 Å². The monoisotopic (exact) mass is 305 g/mol. The lowest BCUT2D eigenvalue weighted by Crippen LogP contribution is -2.33. The second kappa shape index (κ2) is 6.89. The number of thioether (sulfide) groups is 1. The molecule has 1 amide bonds. The third-order valence-corrected chi connectivity index (χ3v) is 3.69. The molecular formula is C13H15N5O2S. The Morgan fingerprint density at radius 1 is 1.38 bits per heavy atom. The number of nitrogen functional groups attached to an aromatic ring is 1. The predicted molar refractivity (Wildman–Crippen MR) is 81.6 cm³/mol. The van der Waals surface area contributed by atoms with Crippen molar-refractivity contribution >= 4 is 23.4 Å². The summed E-state index contributed by atoms with van der Waals surface area (Å²) in [5.74, 6) is 5.58. The first-order valence-electron chi connectivity index (χ1n) is 6.31. The van der Waals surface area contributed by atoms with Gasteiger partial charge in [-0.1, -0.05) is 30.0 Å². The van der Waals surface area contributed by atoms with Crippen LogP contribution >= 0.6 is 11.8 Å². The molecule has 0 aliphatic carbocycles. The zero-order valence-corrected chi connectivity index (χ0v) is 12.3.